The third-order valence-electron chi connectivity index (χ3n) is 3.56. The molecule has 0 amide bonds. The molecule has 0 radical (unpaired) electrons. The van der Waals surface area contributed by atoms with Crippen molar-refractivity contribution in [3.8, 4) is 23.0 Å². The highest BCUT2D eigenvalue weighted by Gasteiger charge is 2.21. The summed E-state index contributed by atoms with van der Waals surface area (Å²) in [6.45, 7) is -0.0346. The molecule has 0 saturated heterocycles. The number of sulfonamides is 1. The van der Waals surface area contributed by atoms with Gasteiger partial charge in [-0.1, -0.05) is 18.2 Å². The Morgan fingerprint density at radius 2 is 1.80 bits per heavy atom. The minimum atomic E-state index is -3.75. The molecule has 2 heterocycles. The smallest absolute Gasteiger partial charge is 0.247 e. The van der Waals surface area contributed by atoms with Gasteiger partial charge in [0.05, 0.1) is 11.4 Å². The number of rotatable bonds is 5. The van der Waals surface area contributed by atoms with Crippen molar-refractivity contribution in [1.82, 2.24) is 14.9 Å². The Bertz CT molecular complexity index is 1000. The zero-order chi connectivity index (χ0) is 17.3. The van der Waals surface area contributed by atoms with Crippen molar-refractivity contribution >= 4 is 10.0 Å². The normalized spacial score (nSPS) is 13.1. The van der Waals surface area contributed by atoms with Crippen LogP contribution in [0.1, 0.15) is 5.89 Å². The van der Waals surface area contributed by atoms with E-state index in [2.05, 4.69) is 14.9 Å². The van der Waals surface area contributed by atoms with Crippen molar-refractivity contribution in [3.63, 3.8) is 0 Å². The van der Waals surface area contributed by atoms with Crippen molar-refractivity contribution in [3.05, 3.63) is 54.4 Å². The summed E-state index contributed by atoms with van der Waals surface area (Å²) in [5, 5.41) is 7.78. The molecule has 128 valence electrons. The van der Waals surface area contributed by atoms with E-state index in [9.17, 15) is 8.42 Å². The average molecular weight is 359 g/mol. The molecular weight excluding hydrogens is 346 g/mol. The highest BCUT2D eigenvalue weighted by Crippen LogP contribution is 2.33. The van der Waals surface area contributed by atoms with E-state index in [0.29, 0.717) is 17.4 Å². The van der Waals surface area contributed by atoms with Crippen LogP contribution in [0.4, 0.5) is 0 Å². The Labute approximate surface area is 143 Å². The third kappa shape index (κ3) is 3.19. The standard InChI is InChI=1S/C16H13N3O5S/c20-25(21,12-6-7-13-14(8-12)23-10-22-13)17-9-15-18-19-16(24-15)11-4-2-1-3-5-11/h1-8,17H,9-10H2. The summed E-state index contributed by atoms with van der Waals surface area (Å²) in [6.07, 6.45) is 0. The first-order valence-electron chi connectivity index (χ1n) is 7.39. The second-order valence-corrected chi connectivity index (χ2v) is 6.97. The van der Waals surface area contributed by atoms with Gasteiger partial charge in [-0.25, -0.2) is 13.1 Å². The molecule has 3 aromatic rings. The van der Waals surface area contributed by atoms with Crippen LogP contribution in [0.5, 0.6) is 11.5 Å². The van der Waals surface area contributed by atoms with Crippen molar-refractivity contribution in [2.75, 3.05) is 6.79 Å². The van der Waals surface area contributed by atoms with Gasteiger partial charge >= 0.3 is 0 Å². The van der Waals surface area contributed by atoms with Crippen LogP contribution < -0.4 is 14.2 Å². The minimum absolute atomic E-state index is 0.0690. The fourth-order valence-electron chi connectivity index (χ4n) is 2.31. The zero-order valence-electron chi connectivity index (χ0n) is 12.9. The van der Waals surface area contributed by atoms with Gasteiger partial charge in [0.25, 0.3) is 0 Å². The summed E-state index contributed by atoms with van der Waals surface area (Å²) in [5.41, 5.74) is 0.764. The summed E-state index contributed by atoms with van der Waals surface area (Å²) in [6, 6.07) is 13.6. The number of hydrogen-bond acceptors (Lipinski definition) is 7. The molecular formula is C16H13N3O5S. The molecule has 9 heteroatoms. The Morgan fingerprint density at radius 1 is 1.00 bits per heavy atom. The monoisotopic (exact) mass is 359 g/mol. The number of aromatic nitrogens is 2. The quantitative estimate of drug-likeness (QED) is 0.742. The lowest BCUT2D eigenvalue weighted by molar-refractivity contribution is 0.174. The van der Waals surface area contributed by atoms with E-state index in [4.69, 9.17) is 13.9 Å². The Kier molecular flexibility index (Phi) is 3.86. The van der Waals surface area contributed by atoms with Crippen molar-refractivity contribution in [2.45, 2.75) is 11.4 Å². The van der Waals surface area contributed by atoms with E-state index in [-0.39, 0.29) is 24.1 Å². The van der Waals surface area contributed by atoms with Crippen LogP contribution in [-0.2, 0) is 16.6 Å². The predicted octanol–water partition coefficient (Wildman–Crippen LogP) is 1.94. The number of ether oxygens (including phenoxy) is 2. The lowest BCUT2D eigenvalue weighted by Gasteiger charge is -2.05. The molecule has 0 spiro atoms. The van der Waals surface area contributed by atoms with Crippen LogP contribution in [0.3, 0.4) is 0 Å². The van der Waals surface area contributed by atoms with Gasteiger partial charge in [0.15, 0.2) is 11.5 Å². The van der Waals surface area contributed by atoms with Gasteiger partial charge in [0, 0.05) is 11.6 Å². The van der Waals surface area contributed by atoms with Gasteiger partial charge < -0.3 is 13.9 Å². The molecule has 4 rings (SSSR count). The van der Waals surface area contributed by atoms with Gasteiger partial charge in [-0.2, -0.15) is 0 Å². The molecule has 0 saturated carbocycles. The number of hydrogen-bond donors (Lipinski definition) is 1. The molecule has 0 fully saturated rings. The van der Waals surface area contributed by atoms with Crippen LogP contribution in [0.2, 0.25) is 0 Å². The average Bonchev–Trinajstić information content (AvgIpc) is 3.29. The van der Waals surface area contributed by atoms with Gasteiger partial charge in [-0.15, -0.1) is 10.2 Å². The Balaban J connectivity index is 1.48. The van der Waals surface area contributed by atoms with E-state index in [1.165, 1.54) is 12.1 Å². The summed E-state index contributed by atoms with van der Waals surface area (Å²) < 4.78 is 43.0. The number of nitrogens with zero attached hydrogens (tertiary/aromatic N) is 2. The molecule has 25 heavy (non-hydrogen) atoms. The third-order valence-corrected chi connectivity index (χ3v) is 4.95. The lowest BCUT2D eigenvalue weighted by Crippen LogP contribution is -2.23. The number of fused-ring (bicyclic) bond motifs is 1. The lowest BCUT2D eigenvalue weighted by atomic mass is 10.2. The summed E-state index contributed by atoms with van der Waals surface area (Å²) in [7, 11) is -3.75. The van der Waals surface area contributed by atoms with E-state index in [1.807, 2.05) is 30.3 Å². The van der Waals surface area contributed by atoms with Crippen LogP contribution in [0, 0.1) is 0 Å². The van der Waals surface area contributed by atoms with Crippen molar-refractivity contribution in [2.24, 2.45) is 0 Å². The SMILES string of the molecule is O=S(=O)(NCc1nnc(-c2ccccc2)o1)c1ccc2c(c1)OCO2. The fraction of sp³-hybridized carbons (Fsp3) is 0.125. The van der Waals surface area contributed by atoms with E-state index in [1.54, 1.807) is 6.07 Å². The molecule has 0 aliphatic carbocycles. The minimum Gasteiger partial charge on any atom is -0.454 e. The number of benzene rings is 2. The van der Waals surface area contributed by atoms with E-state index < -0.39 is 10.0 Å². The zero-order valence-corrected chi connectivity index (χ0v) is 13.7. The van der Waals surface area contributed by atoms with Crippen LogP contribution in [-0.4, -0.2) is 25.4 Å². The van der Waals surface area contributed by atoms with Crippen molar-refractivity contribution < 1.29 is 22.3 Å². The molecule has 0 unspecified atom stereocenters. The molecule has 1 aliphatic heterocycles. The first-order chi connectivity index (χ1) is 12.1. The van der Waals surface area contributed by atoms with Crippen LogP contribution >= 0.6 is 0 Å². The maximum Gasteiger partial charge on any atom is 0.247 e. The largest absolute Gasteiger partial charge is 0.454 e. The molecule has 8 nitrogen and oxygen atoms in total. The van der Waals surface area contributed by atoms with Gasteiger partial charge in [0.1, 0.15) is 0 Å². The fourth-order valence-corrected chi connectivity index (χ4v) is 3.30. The molecule has 0 atom stereocenters. The maximum absolute atomic E-state index is 12.4. The first kappa shape index (κ1) is 15.6. The predicted molar refractivity (Wildman–Crippen MR) is 86.3 cm³/mol. The van der Waals surface area contributed by atoms with E-state index >= 15 is 0 Å². The second-order valence-electron chi connectivity index (χ2n) is 5.21. The molecule has 2 aromatic carbocycles. The molecule has 0 bridgehead atoms. The van der Waals surface area contributed by atoms with Gasteiger partial charge in [-0.05, 0) is 24.3 Å². The van der Waals surface area contributed by atoms with Gasteiger partial charge in [-0.3, -0.25) is 0 Å². The van der Waals surface area contributed by atoms with Crippen LogP contribution in [0.25, 0.3) is 11.5 Å². The highest BCUT2D eigenvalue weighted by molar-refractivity contribution is 7.89. The Hall–Kier alpha value is -2.91. The summed E-state index contributed by atoms with van der Waals surface area (Å²) in [5.74, 6) is 1.41. The van der Waals surface area contributed by atoms with Crippen molar-refractivity contribution in [1.29, 1.82) is 0 Å². The second kappa shape index (κ2) is 6.19. The number of nitrogens with one attached hydrogen (secondary N) is 1. The molecule has 1 aliphatic rings. The highest BCUT2D eigenvalue weighted by atomic mass is 32.2. The van der Waals surface area contributed by atoms with Gasteiger partial charge in [0.2, 0.25) is 28.6 Å². The first-order valence-corrected chi connectivity index (χ1v) is 8.87. The van der Waals surface area contributed by atoms with Crippen LogP contribution in [0.15, 0.2) is 57.8 Å². The molecule has 1 N–H and O–H groups in total. The summed E-state index contributed by atoms with van der Waals surface area (Å²) in [4.78, 5) is 0.0690. The maximum atomic E-state index is 12.4. The Morgan fingerprint density at radius 3 is 2.64 bits per heavy atom. The summed E-state index contributed by atoms with van der Waals surface area (Å²) >= 11 is 0. The topological polar surface area (TPSA) is 104 Å². The molecule has 1 aromatic heterocycles. The van der Waals surface area contributed by atoms with E-state index in [0.717, 1.165) is 5.56 Å².